The monoisotopic (exact) mass is 189 g/mol. The Morgan fingerprint density at radius 1 is 1.18 bits per heavy atom. The Balaban J connectivity index is 0. The predicted octanol–water partition coefficient (Wildman–Crippen LogP) is -6.63. The highest BCUT2D eigenvalue weighted by atomic mass is 35.7. The first kappa shape index (κ1) is 13.6. The third kappa shape index (κ3) is 70.0. The minimum absolute atomic E-state index is 0.294. The Morgan fingerprint density at radius 3 is 1.45 bits per heavy atom. The summed E-state index contributed by atoms with van der Waals surface area (Å²) in [6.07, 6.45) is 0. The van der Waals surface area contributed by atoms with Crippen LogP contribution in [0.2, 0.25) is 0 Å². The van der Waals surface area contributed by atoms with Crippen LogP contribution in [-0.2, 0) is 0 Å². The summed E-state index contributed by atoms with van der Waals surface area (Å²) in [7, 11) is -0.924. The van der Waals surface area contributed by atoms with Crippen LogP contribution in [0.4, 0.5) is 0 Å². The third-order valence-electron chi connectivity index (χ3n) is 0.612. The van der Waals surface area contributed by atoms with Gasteiger partial charge >= 0.3 is 0 Å². The lowest BCUT2D eigenvalue weighted by Gasteiger charge is -2.17. The second-order valence-electron chi connectivity index (χ2n) is 2.06. The van der Waals surface area contributed by atoms with Crippen molar-refractivity contribution in [3.05, 3.63) is 0 Å². The Labute approximate surface area is 67.0 Å². The maximum Gasteiger partial charge on any atom is 0.100 e. The van der Waals surface area contributed by atoms with Crippen molar-refractivity contribution in [2.24, 2.45) is 0 Å². The topological polar surface area (TPSA) is 117 Å². The van der Waals surface area contributed by atoms with Gasteiger partial charge in [-0.1, -0.05) is 0 Å². The van der Waals surface area contributed by atoms with Gasteiger partial charge < -0.3 is 10.0 Å². The first-order chi connectivity index (χ1) is 4.77. The molecule has 0 bridgehead atoms. The molecular formula is C4H12ClNO5. The first-order valence-electron chi connectivity index (χ1n) is 2.79. The molecule has 0 saturated carbocycles. The van der Waals surface area contributed by atoms with E-state index in [-0.39, 0.29) is 0 Å². The van der Waals surface area contributed by atoms with Crippen LogP contribution in [0.25, 0.3) is 0 Å². The van der Waals surface area contributed by atoms with Gasteiger partial charge in [0, 0.05) is 0 Å². The summed E-state index contributed by atoms with van der Waals surface area (Å²) in [5, 5.41) is 8.22. The van der Waals surface area contributed by atoms with Gasteiger partial charge in [0.2, 0.25) is 0 Å². The summed E-state index contributed by atoms with van der Waals surface area (Å²) < 4.78 is 34.0. The SMILES string of the molecule is C[NH+](C)CCO.[O-][Cl+3]([O-])([O-])[O-]. The summed E-state index contributed by atoms with van der Waals surface area (Å²) in [6, 6.07) is 0. The van der Waals surface area contributed by atoms with Crippen LogP contribution in [0.3, 0.4) is 0 Å². The Bertz CT molecular complexity index is 77.0. The summed E-state index contributed by atoms with van der Waals surface area (Å²) in [5.41, 5.74) is 0. The van der Waals surface area contributed by atoms with Crippen LogP contribution in [0, 0.1) is 10.2 Å². The normalized spacial score (nSPS) is 10.9. The van der Waals surface area contributed by atoms with Crippen LogP contribution in [0.15, 0.2) is 0 Å². The van der Waals surface area contributed by atoms with Gasteiger partial charge in [-0.3, -0.25) is 0 Å². The van der Waals surface area contributed by atoms with E-state index in [0.29, 0.717) is 6.61 Å². The summed E-state index contributed by atoms with van der Waals surface area (Å²) in [6.45, 7) is 1.14. The van der Waals surface area contributed by atoms with Crippen molar-refractivity contribution < 1.29 is 38.9 Å². The molecule has 6 nitrogen and oxygen atoms in total. The van der Waals surface area contributed by atoms with Gasteiger partial charge in [-0.2, -0.15) is 0 Å². The zero-order valence-electron chi connectivity index (χ0n) is 6.37. The highest BCUT2D eigenvalue weighted by molar-refractivity contribution is 4.10. The van der Waals surface area contributed by atoms with E-state index in [1.165, 1.54) is 4.90 Å². The minimum Gasteiger partial charge on any atom is -0.391 e. The average Bonchev–Trinajstić information content (AvgIpc) is 1.58. The Hall–Kier alpha value is 0.0500. The second kappa shape index (κ2) is 6.74. The van der Waals surface area contributed by atoms with E-state index in [2.05, 4.69) is 0 Å². The lowest BCUT2D eigenvalue weighted by atomic mass is 10.6. The van der Waals surface area contributed by atoms with Crippen molar-refractivity contribution in [3.63, 3.8) is 0 Å². The predicted molar refractivity (Wildman–Crippen MR) is 24.8 cm³/mol. The zero-order chi connectivity index (χ0) is 9.49. The number of aliphatic hydroxyl groups is 1. The van der Waals surface area contributed by atoms with Gasteiger partial charge in [0.25, 0.3) is 0 Å². The van der Waals surface area contributed by atoms with E-state index >= 15 is 0 Å². The molecule has 0 rings (SSSR count). The fourth-order valence-electron chi connectivity index (χ4n) is 0.224. The summed E-state index contributed by atoms with van der Waals surface area (Å²) in [5.74, 6) is 0. The van der Waals surface area contributed by atoms with Gasteiger partial charge in [-0.15, -0.1) is 10.2 Å². The van der Waals surface area contributed by atoms with Crippen molar-refractivity contribution in [2.45, 2.75) is 0 Å². The maximum atomic E-state index is 8.49. The Morgan fingerprint density at radius 2 is 1.45 bits per heavy atom. The number of halogens is 1. The van der Waals surface area contributed by atoms with Gasteiger partial charge in [-0.25, -0.2) is 18.6 Å². The van der Waals surface area contributed by atoms with E-state index in [1.807, 2.05) is 14.1 Å². The average molecular weight is 190 g/mol. The number of likely N-dealkylation sites (N-methyl/N-ethyl adjacent to an activating group) is 1. The molecule has 11 heavy (non-hydrogen) atoms. The lowest BCUT2D eigenvalue weighted by Crippen LogP contribution is -3.06. The molecule has 0 saturated heterocycles. The van der Waals surface area contributed by atoms with E-state index in [1.54, 1.807) is 0 Å². The molecule has 0 atom stereocenters. The number of aliphatic hydroxyl groups excluding tert-OH is 1. The highest BCUT2D eigenvalue weighted by Crippen LogP contribution is 1.49. The summed E-state index contributed by atoms with van der Waals surface area (Å²) in [4.78, 5) is 1.29. The van der Waals surface area contributed by atoms with Crippen molar-refractivity contribution in [3.8, 4) is 0 Å². The number of rotatable bonds is 2. The molecule has 0 radical (unpaired) electrons. The molecule has 0 aromatic heterocycles. The molecule has 0 unspecified atom stereocenters. The fraction of sp³-hybridized carbons (Fsp3) is 1.00. The molecule has 2 N–H and O–H groups in total. The van der Waals surface area contributed by atoms with Crippen LogP contribution < -0.4 is 23.5 Å². The van der Waals surface area contributed by atoms with Crippen LogP contribution >= 0.6 is 0 Å². The minimum atomic E-state index is -4.94. The second-order valence-corrected chi connectivity index (χ2v) is 2.81. The fourth-order valence-corrected chi connectivity index (χ4v) is 0.224. The summed E-state index contributed by atoms with van der Waals surface area (Å²) >= 11 is 0. The van der Waals surface area contributed by atoms with Crippen LogP contribution in [0.5, 0.6) is 0 Å². The van der Waals surface area contributed by atoms with Crippen molar-refractivity contribution in [2.75, 3.05) is 27.2 Å². The van der Waals surface area contributed by atoms with E-state index in [9.17, 15) is 0 Å². The molecule has 0 aromatic rings. The van der Waals surface area contributed by atoms with Crippen LogP contribution in [0.1, 0.15) is 0 Å². The molecule has 0 aliphatic heterocycles. The molecule has 7 heteroatoms. The quantitative estimate of drug-likeness (QED) is 0.448. The van der Waals surface area contributed by atoms with Crippen molar-refractivity contribution in [1.29, 1.82) is 0 Å². The molecule has 0 aliphatic rings. The smallest absolute Gasteiger partial charge is 0.100 e. The molecule has 0 aliphatic carbocycles. The van der Waals surface area contributed by atoms with E-state index in [4.69, 9.17) is 23.7 Å². The standard InChI is InChI=1S/C4H11NO.ClHO4/c1-5(2)3-4-6;2-1(3,4)5/h6H,3-4H2,1-2H3;(H,2,3,4,5). The van der Waals surface area contributed by atoms with E-state index < -0.39 is 10.2 Å². The van der Waals surface area contributed by atoms with E-state index in [0.717, 1.165) is 6.54 Å². The number of hydrogen-bond acceptors (Lipinski definition) is 5. The molecule has 0 amide bonds. The lowest BCUT2D eigenvalue weighted by molar-refractivity contribution is -2.00. The van der Waals surface area contributed by atoms with Gasteiger partial charge in [0.05, 0.1) is 20.7 Å². The molecular weight excluding hydrogens is 177 g/mol. The number of hydrogen-bond donors (Lipinski definition) is 2. The molecule has 70 valence electrons. The van der Waals surface area contributed by atoms with Gasteiger partial charge in [0.1, 0.15) is 6.54 Å². The maximum absolute atomic E-state index is 8.49. The van der Waals surface area contributed by atoms with Crippen molar-refractivity contribution >= 4 is 0 Å². The molecule has 0 aromatic carbocycles. The van der Waals surface area contributed by atoms with Gasteiger partial charge in [0.15, 0.2) is 0 Å². The third-order valence-corrected chi connectivity index (χ3v) is 0.612. The number of quaternary nitrogens is 1. The number of nitrogens with one attached hydrogen (secondary N) is 1. The van der Waals surface area contributed by atoms with Gasteiger partial charge in [-0.05, 0) is 0 Å². The first-order valence-corrected chi connectivity index (χ1v) is 4.02. The molecule has 0 spiro atoms. The van der Waals surface area contributed by atoms with Crippen molar-refractivity contribution in [1.82, 2.24) is 0 Å². The van der Waals surface area contributed by atoms with Crippen LogP contribution in [-0.4, -0.2) is 32.4 Å². The highest BCUT2D eigenvalue weighted by Gasteiger charge is 1.84. The zero-order valence-corrected chi connectivity index (χ0v) is 7.13. The molecule has 0 fully saturated rings. The largest absolute Gasteiger partial charge is 0.391 e. The Kier molecular flexibility index (Phi) is 8.35. The molecule has 0 heterocycles.